The van der Waals surface area contributed by atoms with Crippen molar-refractivity contribution in [2.75, 3.05) is 5.32 Å². The summed E-state index contributed by atoms with van der Waals surface area (Å²) >= 11 is 3.41. The van der Waals surface area contributed by atoms with E-state index in [0.29, 0.717) is 6.42 Å². The molecule has 1 aliphatic rings. The van der Waals surface area contributed by atoms with Crippen LogP contribution in [-0.4, -0.2) is 5.91 Å². The molecule has 1 aliphatic heterocycles. The SMILES string of the molecule is O=C1CC(c2ccsc2)c2sccc2N1. The Kier molecular flexibility index (Phi) is 2.11. The maximum atomic E-state index is 11.5. The molecule has 3 heterocycles. The normalized spacial score (nSPS) is 19.7. The lowest BCUT2D eigenvalue weighted by Gasteiger charge is -2.21. The van der Waals surface area contributed by atoms with Crippen LogP contribution < -0.4 is 5.32 Å². The number of amides is 1. The van der Waals surface area contributed by atoms with Crippen LogP contribution in [0.3, 0.4) is 0 Å². The van der Waals surface area contributed by atoms with Crippen molar-refractivity contribution in [3.05, 3.63) is 38.7 Å². The standard InChI is InChI=1S/C11H9NOS2/c13-10-5-8(7-1-3-14-6-7)11-9(12-10)2-4-15-11/h1-4,6,8H,5H2,(H,12,13). The summed E-state index contributed by atoms with van der Waals surface area (Å²) in [7, 11) is 0. The number of rotatable bonds is 1. The van der Waals surface area contributed by atoms with Crippen molar-refractivity contribution in [2.24, 2.45) is 0 Å². The number of carbonyl (C=O) groups excluding carboxylic acids is 1. The Hall–Kier alpha value is -1.13. The van der Waals surface area contributed by atoms with E-state index in [1.807, 2.05) is 11.4 Å². The minimum absolute atomic E-state index is 0.122. The zero-order chi connectivity index (χ0) is 10.3. The summed E-state index contributed by atoms with van der Waals surface area (Å²) in [5, 5.41) is 9.14. The average molecular weight is 235 g/mol. The van der Waals surface area contributed by atoms with E-state index in [1.165, 1.54) is 10.4 Å². The van der Waals surface area contributed by atoms with Crippen LogP contribution in [0.1, 0.15) is 22.8 Å². The van der Waals surface area contributed by atoms with Crippen LogP contribution in [0.5, 0.6) is 0 Å². The fourth-order valence-corrected chi connectivity index (χ4v) is 3.61. The third kappa shape index (κ3) is 1.50. The van der Waals surface area contributed by atoms with Gasteiger partial charge in [-0.05, 0) is 33.8 Å². The molecule has 0 saturated carbocycles. The van der Waals surface area contributed by atoms with Crippen molar-refractivity contribution in [1.82, 2.24) is 0 Å². The molecule has 1 atom stereocenters. The lowest BCUT2D eigenvalue weighted by Crippen LogP contribution is -2.21. The highest BCUT2D eigenvalue weighted by Gasteiger charge is 2.27. The molecule has 76 valence electrons. The van der Waals surface area contributed by atoms with Gasteiger partial charge in [-0.2, -0.15) is 11.3 Å². The van der Waals surface area contributed by atoms with E-state index in [-0.39, 0.29) is 11.8 Å². The van der Waals surface area contributed by atoms with E-state index in [9.17, 15) is 4.79 Å². The summed E-state index contributed by atoms with van der Waals surface area (Å²) in [5.41, 5.74) is 2.26. The zero-order valence-corrected chi connectivity index (χ0v) is 9.53. The molecule has 2 nitrogen and oxygen atoms in total. The quantitative estimate of drug-likeness (QED) is 0.807. The topological polar surface area (TPSA) is 29.1 Å². The van der Waals surface area contributed by atoms with Gasteiger partial charge in [-0.15, -0.1) is 11.3 Å². The van der Waals surface area contributed by atoms with Gasteiger partial charge in [0.25, 0.3) is 0 Å². The first-order valence-corrected chi connectivity index (χ1v) is 6.56. The maximum absolute atomic E-state index is 11.5. The van der Waals surface area contributed by atoms with Crippen molar-refractivity contribution >= 4 is 34.3 Å². The van der Waals surface area contributed by atoms with Gasteiger partial charge in [-0.1, -0.05) is 0 Å². The Labute approximate surface area is 95.6 Å². The molecule has 0 aromatic carbocycles. The maximum Gasteiger partial charge on any atom is 0.225 e. The van der Waals surface area contributed by atoms with Gasteiger partial charge < -0.3 is 5.32 Å². The monoisotopic (exact) mass is 235 g/mol. The predicted octanol–water partition coefficient (Wildman–Crippen LogP) is 3.28. The van der Waals surface area contributed by atoms with E-state index in [4.69, 9.17) is 0 Å². The molecule has 3 rings (SSSR count). The Morgan fingerprint density at radius 2 is 2.27 bits per heavy atom. The van der Waals surface area contributed by atoms with Gasteiger partial charge in [0.05, 0.1) is 5.69 Å². The minimum atomic E-state index is 0.122. The van der Waals surface area contributed by atoms with Gasteiger partial charge in [0, 0.05) is 17.2 Å². The van der Waals surface area contributed by atoms with Gasteiger partial charge in [0.2, 0.25) is 5.91 Å². The molecule has 0 bridgehead atoms. The zero-order valence-electron chi connectivity index (χ0n) is 7.90. The highest BCUT2D eigenvalue weighted by molar-refractivity contribution is 7.10. The van der Waals surface area contributed by atoms with Gasteiger partial charge in [-0.3, -0.25) is 4.79 Å². The van der Waals surface area contributed by atoms with Crippen molar-refractivity contribution in [3.8, 4) is 0 Å². The molecule has 1 unspecified atom stereocenters. The Bertz CT molecular complexity index is 486. The molecular formula is C11H9NOS2. The van der Waals surface area contributed by atoms with Crippen LogP contribution in [0.2, 0.25) is 0 Å². The molecule has 0 fully saturated rings. The second-order valence-corrected chi connectivity index (χ2v) is 5.29. The van der Waals surface area contributed by atoms with Gasteiger partial charge in [0.1, 0.15) is 0 Å². The Balaban J connectivity index is 2.08. The largest absolute Gasteiger partial charge is 0.325 e. The van der Waals surface area contributed by atoms with E-state index in [2.05, 4.69) is 22.1 Å². The summed E-state index contributed by atoms with van der Waals surface area (Å²) in [6.45, 7) is 0. The van der Waals surface area contributed by atoms with Gasteiger partial charge in [-0.25, -0.2) is 0 Å². The Morgan fingerprint density at radius 3 is 3.07 bits per heavy atom. The van der Waals surface area contributed by atoms with Crippen LogP contribution in [0, 0.1) is 0 Å². The first-order valence-electron chi connectivity index (χ1n) is 4.74. The van der Waals surface area contributed by atoms with E-state index in [1.54, 1.807) is 22.7 Å². The number of thiophene rings is 2. The number of anilines is 1. The molecule has 0 aliphatic carbocycles. The molecule has 4 heteroatoms. The summed E-state index contributed by atoms with van der Waals surface area (Å²) in [4.78, 5) is 12.8. The molecular weight excluding hydrogens is 226 g/mol. The van der Waals surface area contributed by atoms with Crippen LogP contribution in [0.25, 0.3) is 0 Å². The van der Waals surface area contributed by atoms with Crippen molar-refractivity contribution in [3.63, 3.8) is 0 Å². The molecule has 0 saturated heterocycles. The van der Waals surface area contributed by atoms with E-state index in [0.717, 1.165) is 5.69 Å². The molecule has 2 aromatic rings. The average Bonchev–Trinajstić information content (AvgIpc) is 2.86. The van der Waals surface area contributed by atoms with Gasteiger partial charge >= 0.3 is 0 Å². The number of carbonyl (C=O) groups is 1. The molecule has 0 radical (unpaired) electrons. The smallest absolute Gasteiger partial charge is 0.225 e. The third-order valence-electron chi connectivity index (χ3n) is 2.62. The van der Waals surface area contributed by atoms with Crippen LogP contribution in [0.4, 0.5) is 5.69 Å². The summed E-state index contributed by atoms with van der Waals surface area (Å²) < 4.78 is 0. The first-order chi connectivity index (χ1) is 7.34. The van der Waals surface area contributed by atoms with Gasteiger partial charge in [0.15, 0.2) is 0 Å². The number of hydrogen-bond donors (Lipinski definition) is 1. The second-order valence-electron chi connectivity index (χ2n) is 3.56. The second kappa shape index (κ2) is 3.47. The summed E-state index contributed by atoms with van der Waals surface area (Å²) in [5.74, 6) is 0.386. The van der Waals surface area contributed by atoms with Crippen LogP contribution >= 0.6 is 22.7 Å². The number of fused-ring (bicyclic) bond motifs is 1. The minimum Gasteiger partial charge on any atom is -0.325 e. The number of hydrogen-bond acceptors (Lipinski definition) is 3. The highest BCUT2D eigenvalue weighted by atomic mass is 32.1. The fourth-order valence-electron chi connectivity index (χ4n) is 1.92. The molecule has 2 aromatic heterocycles. The van der Waals surface area contributed by atoms with Crippen molar-refractivity contribution < 1.29 is 4.79 Å². The lowest BCUT2D eigenvalue weighted by atomic mass is 9.93. The van der Waals surface area contributed by atoms with Crippen molar-refractivity contribution in [2.45, 2.75) is 12.3 Å². The molecule has 1 N–H and O–H groups in total. The van der Waals surface area contributed by atoms with E-state index >= 15 is 0 Å². The number of nitrogens with one attached hydrogen (secondary N) is 1. The first kappa shape index (κ1) is 9.12. The van der Waals surface area contributed by atoms with Crippen LogP contribution in [-0.2, 0) is 4.79 Å². The fraction of sp³-hybridized carbons (Fsp3) is 0.182. The van der Waals surface area contributed by atoms with Crippen molar-refractivity contribution in [1.29, 1.82) is 0 Å². The van der Waals surface area contributed by atoms with Crippen LogP contribution in [0.15, 0.2) is 28.3 Å². The summed E-state index contributed by atoms with van der Waals surface area (Å²) in [6, 6.07) is 4.09. The lowest BCUT2D eigenvalue weighted by molar-refractivity contribution is -0.116. The molecule has 15 heavy (non-hydrogen) atoms. The molecule has 0 spiro atoms. The Morgan fingerprint density at radius 1 is 1.33 bits per heavy atom. The summed E-state index contributed by atoms with van der Waals surface area (Å²) in [6.07, 6.45) is 0.574. The third-order valence-corrected chi connectivity index (χ3v) is 4.35. The molecule has 1 amide bonds. The van der Waals surface area contributed by atoms with E-state index < -0.39 is 0 Å². The predicted molar refractivity (Wildman–Crippen MR) is 63.7 cm³/mol. The highest BCUT2D eigenvalue weighted by Crippen LogP contribution is 2.40.